The van der Waals surface area contributed by atoms with Crippen LogP contribution in [-0.4, -0.2) is 0 Å². The van der Waals surface area contributed by atoms with Crippen molar-refractivity contribution in [3.8, 4) is 0 Å². The first kappa shape index (κ1) is 5.36. The lowest BCUT2D eigenvalue weighted by Crippen LogP contribution is -1.68. The molecule has 0 amide bonds. The lowest BCUT2D eigenvalue weighted by molar-refractivity contribution is 1.48. The summed E-state index contributed by atoms with van der Waals surface area (Å²) in [6.45, 7) is 7.86. The van der Waals surface area contributed by atoms with E-state index in [1.807, 2.05) is 13.8 Å². The molecule has 0 aromatic heterocycles. The van der Waals surface area contributed by atoms with Crippen molar-refractivity contribution in [3.63, 3.8) is 0 Å². The molecule has 1 aliphatic rings. The van der Waals surface area contributed by atoms with E-state index in [1.165, 1.54) is 11.1 Å². The summed E-state index contributed by atoms with van der Waals surface area (Å²) >= 11 is 0. The molecule has 0 fully saturated rings. The van der Waals surface area contributed by atoms with Gasteiger partial charge in [0.1, 0.15) is 0 Å². The maximum absolute atomic E-state index is 3.79. The summed E-state index contributed by atoms with van der Waals surface area (Å²) in [5.41, 5.74) is 3.46. The molecule has 1 radical (unpaired) electrons. The van der Waals surface area contributed by atoms with Crippen molar-refractivity contribution < 1.29 is 0 Å². The van der Waals surface area contributed by atoms with Gasteiger partial charge in [0.05, 0.1) is 0 Å². The Bertz CT molecular complexity index is 177. The normalized spacial score (nSPS) is 18.5. The van der Waals surface area contributed by atoms with Gasteiger partial charge in [0, 0.05) is 0 Å². The van der Waals surface area contributed by atoms with Gasteiger partial charge in [-0.05, 0) is 36.6 Å². The van der Waals surface area contributed by atoms with Crippen molar-refractivity contribution in [2.24, 2.45) is 0 Å². The van der Waals surface area contributed by atoms with Crippen LogP contribution in [-0.2, 0) is 0 Å². The summed E-state index contributed by atoms with van der Waals surface area (Å²) in [5.74, 6) is 0. The average Bonchev–Trinajstić information content (AvgIpc) is 1.85. The molecule has 0 N–H and O–H groups in total. The quantitative estimate of drug-likeness (QED) is 0.443. The maximum Gasteiger partial charge on any atom is -0.00768 e. The van der Waals surface area contributed by atoms with Gasteiger partial charge < -0.3 is 0 Å². The van der Waals surface area contributed by atoms with Gasteiger partial charge >= 0.3 is 0 Å². The predicted molar refractivity (Wildman–Crippen MR) is 35.3 cm³/mol. The molecule has 0 bridgehead atoms. The Balaban J connectivity index is 2.95. The van der Waals surface area contributed by atoms with Gasteiger partial charge in [-0.2, -0.15) is 0 Å². The fourth-order valence-electron chi connectivity index (χ4n) is 0.785. The Hall–Kier alpha value is -0.780. The van der Waals surface area contributed by atoms with Gasteiger partial charge in [-0.15, -0.1) is 0 Å². The number of hydrogen-bond donors (Lipinski definition) is 0. The third-order valence-electron chi connectivity index (χ3n) is 1.26. The lowest BCUT2D eigenvalue weighted by Gasteiger charge is -1.86. The number of rotatable bonds is 0. The molecule has 41 valence electrons. The molecule has 0 spiro atoms. The van der Waals surface area contributed by atoms with Crippen LogP contribution in [0.25, 0.3) is 0 Å². The fourth-order valence-corrected chi connectivity index (χ4v) is 0.785. The minimum absolute atomic E-state index is 1.03. The van der Waals surface area contributed by atoms with Gasteiger partial charge in [-0.1, -0.05) is 12.7 Å². The monoisotopic (exact) mass is 105 g/mol. The molecule has 0 nitrogen and oxygen atoms in total. The first-order chi connectivity index (χ1) is 3.70. The number of hydrogen-bond acceptors (Lipinski definition) is 0. The molecule has 0 saturated heterocycles. The summed E-state index contributed by atoms with van der Waals surface area (Å²) in [6, 6.07) is 0. The second kappa shape index (κ2) is 1.62. The van der Waals surface area contributed by atoms with Gasteiger partial charge in [-0.3, -0.25) is 0 Å². The molecule has 0 aliphatic heterocycles. The minimum Gasteiger partial charge on any atom is -0.0909 e. The third-order valence-corrected chi connectivity index (χ3v) is 1.26. The van der Waals surface area contributed by atoms with Gasteiger partial charge in [0.25, 0.3) is 0 Å². The van der Waals surface area contributed by atoms with Crippen molar-refractivity contribution in [3.05, 3.63) is 35.5 Å². The summed E-state index contributed by atoms with van der Waals surface area (Å²) in [7, 11) is 0. The van der Waals surface area contributed by atoms with E-state index in [0.717, 1.165) is 5.57 Å². The standard InChI is InChI=1S/C8H9/c1-6-4-7(2)8(3)5-6/h5H,2H2,1,3H3. The van der Waals surface area contributed by atoms with Crippen LogP contribution in [0.3, 0.4) is 0 Å². The van der Waals surface area contributed by atoms with Crippen LogP contribution >= 0.6 is 0 Å². The van der Waals surface area contributed by atoms with Crippen LogP contribution in [0.4, 0.5) is 0 Å². The summed E-state index contributed by atoms with van der Waals surface area (Å²) in [6.07, 6.45) is 5.18. The molecule has 8 heavy (non-hydrogen) atoms. The predicted octanol–water partition coefficient (Wildman–Crippen LogP) is 2.25. The second-order valence-electron chi connectivity index (χ2n) is 2.11. The van der Waals surface area contributed by atoms with Crippen LogP contribution in [0.2, 0.25) is 0 Å². The Morgan fingerprint density at radius 3 is 2.25 bits per heavy atom. The SMILES string of the molecule is C=C1[C]=C(C)C=C1C. The Labute approximate surface area is 50.2 Å². The van der Waals surface area contributed by atoms with E-state index in [0.29, 0.717) is 0 Å². The highest BCUT2D eigenvalue weighted by Gasteiger charge is 2.00. The first-order valence-corrected chi connectivity index (χ1v) is 2.68. The van der Waals surface area contributed by atoms with Crippen LogP contribution in [0.1, 0.15) is 13.8 Å². The fraction of sp³-hybridized carbons (Fsp3) is 0.250. The van der Waals surface area contributed by atoms with E-state index in [9.17, 15) is 0 Å². The van der Waals surface area contributed by atoms with E-state index >= 15 is 0 Å². The summed E-state index contributed by atoms with van der Waals surface area (Å²) in [5, 5.41) is 0. The largest absolute Gasteiger partial charge is 0.0909 e. The minimum atomic E-state index is 1.03. The molecule has 0 heterocycles. The molecular formula is C8H9. The Morgan fingerprint density at radius 2 is 2.12 bits per heavy atom. The Kier molecular flexibility index (Phi) is 1.09. The van der Waals surface area contributed by atoms with E-state index in [-0.39, 0.29) is 0 Å². The van der Waals surface area contributed by atoms with Crippen LogP contribution in [0.15, 0.2) is 29.4 Å². The highest BCUT2D eigenvalue weighted by Crippen LogP contribution is 2.18. The van der Waals surface area contributed by atoms with Crippen molar-refractivity contribution in [1.29, 1.82) is 0 Å². The summed E-state index contributed by atoms with van der Waals surface area (Å²) in [4.78, 5) is 0. The average molecular weight is 105 g/mol. The van der Waals surface area contributed by atoms with Gasteiger partial charge in [-0.25, -0.2) is 0 Å². The van der Waals surface area contributed by atoms with Crippen molar-refractivity contribution >= 4 is 0 Å². The molecule has 0 saturated carbocycles. The topological polar surface area (TPSA) is 0 Å². The zero-order valence-electron chi connectivity index (χ0n) is 5.28. The van der Waals surface area contributed by atoms with Crippen LogP contribution in [0, 0.1) is 6.08 Å². The molecule has 0 unspecified atom stereocenters. The molecule has 0 aromatic rings. The molecule has 0 aromatic carbocycles. The highest BCUT2D eigenvalue weighted by atomic mass is 14.1. The maximum atomic E-state index is 3.79. The van der Waals surface area contributed by atoms with Crippen molar-refractivity contribution in [1.82, 2.24) is 0 Å². The van der Waals surface area contributed by atoms with Crippen molar-refractivity contribution in [2.75, 3.05) is 0 Å². The molecular weight excluding hydrogens is 96.1 g/mol. The zero-order chi connectivity index (χ0) is 6.15. The lowest BCUT2D eigenvalue weighted by atomic mass is 10.2. The Morgan fingerprint density at radius 1 is 1.50 bits per heavy atom. The van der Waals surface area contributed by atoms with Gasteiger partial charge in [0.15, 0.2) is 0 Å². The first-order valence-electron chi connectivity index (χ1n) is 2.68. The summed E-state index contributed by atoms with van der Waals surface area (Å²) < 4.78 is 0. The van der Waals surface area contributed by atoms with E-state index in [4.69, 9.17) is 0 Å². The zero-order valence-corrected chi connectivity index (χ0v) is 5.28. The van der Waals surface area contributed by atoms with E-state index in [2.05, 4.69) is 18.7 Å². The van der Waals surface area contributed by atoms with Crippen molar-refractivity contribution in [2.45, 2.75) is 13.8 Å². The second-order valence-corrected chi connectivity index (χ2v) is 2.11. The van der Waals surface area contributed by atoms with E-state index < -0.39 is 0 Å². The van der Waals surface area contributed by atoms with Crippen LogP contribution < -0.4 is 0 Å². The number of allylic oxidation sites excluding steroid dienone is 5. The van der Waals surface area contributed by atoms with Gasteiger partial charge in [0.2, 0.25) is 0 Å². The highest BCUT2D eigenvalue weighted by molar-refractivity contribution is 5.45. The molecule has 0 atom stereocenters. The molecule has 0 heteroatoms. The smallest absolute Gasteiger partial charge is 0.00768 e. The van der Waals surface area contributed by atoms with E-state index in [1.54, 1.807) is 0 Å². The third kappa shape index (κ3) is 0.738. The van der Waals surface area contributed by atoms with Crippen LogP contribution in [0.5, 0.6) is 0 Å². The molecule has 1 rings (SSSR count). The molecule has 1 aliphatic carbocycles.